The first-order valence-electron chi connectivity index (χ1n) is 10.2. The summed E-state index contributed by atoms with van der Waals surface area (Å²) in [6, 6.07) is 19.9. The molecule has 0 radical (unpaired) electrons. The molecule has 2 aromatic rings. The van der Waals surface area contributed by atoms with E-state index in [-0.39, 0.29) is 18.5 Å². The smallest absolute Gasteiger partial charge is 0.0826 e. The highest BCUT2D eigenvalue weighted by molar-refractivity contribution is 5.85. The van der Waals surface area contributed by atoms with Crippen LogP contribution in [0, 0.1) is 5.92 Å². The number of piperidine rings is 1. The molecule has 2 aromatic carbocycles. The standard InChI is InChI=1S/C24H31NO.ClH/c1-26-24-17-19(11-12-22-9-5-6-10-23(22)24)18-25-15-13-21(14-16-25)20-7-3-2-4-8-20;/h2-10,19,21,24H,11-18H2,1H3;1H/t19-,24-;/m1./s1. The van der Waals surface area contributed by atoms with E-state index >= 15 is 0 Å². The van der Waals surface area contributed by atoms with E-state index in [4.69, 9.17) is 4.74 Å². The average molecular weight is 386 g/mol. The van der Waals surface area contributed by atoms with Crippen molar-refractivity contribution in [3.05, 3.63) is 71.3 Å². The molecular formula is C24H32ClNO. The Bertz CT molecular complexity index is 697. The number of methoxy groups -OCH3 is 1. The van der Waals surface area contributed by atoms with Gasteiger partial charge in [-0.15, -0.1) is 12.4 Å². The number of benzene rings is 2. The Morgan fingerprint density at radius 3 is 2.37 bits per heavy atom. The summed E-state index contributed by atoms with van der Waals surface area (Å²) >= 11 is 0. The average Bonchev–Trinajstić information content (AvgIpc) is 2.89. The van der Waals surface area contributed by atoms with Crippen LogP contribution in [-0.2, 0) is 11.2 Å². The van der Waals surface area contributed by atoms with E-state index in [1.807, 2.05) is 7.11 Å². The molecule has 146 valence electrons. The molecule has 2 atom stereocenters. The largest absolute Gasteiger partial charge is 0.377 e. The van der Waals surface area contributed by atoms with Crippen LogP contribution in [0.3, 0.4) is 0 Å². The van der Waals surface area contributed by atoms with Crippen molar-refractivity contribution >= 4 is 12.4 Å². The van der Waals surface area contributed by atoms with E-state index in [0.717, 1.165) is 18.3 Å². The third-order valence-electron chi connectivity index (χ3n) is 6.43. The fraction of sp³-hybridized carbons (Fsp3) is 0.500. The first-order chi connectivity index (χ1) is 12.8. The second kappa shape index (κ2) is 9.73. The van der Waals surface area contributed by atoms with E-state index in [0.29, 0.717) is 0 Å². The summed E-state index contributed by atoms with van der Waals surface area (Å²) < 4.78 is 5.87. The number of halogens is 1. The molecule has 1 aliphatic carbocycles. The van der Waals surface area contributed by atoms with Crippen molar-refractivity contribution in [3.8, 4) is 0 Å². The lowest BCUT2D eigenvalue weighted by atomic mass is 9.88. The summed E-state index contributed by atoms with van der Waals surface area (Å²) in [5.74, 6) is 1.48. The van der Waals surface area contributed by atoms with Crippen molar-refractivity contribution in [1.29, 1.82) is 0 Å². The first-order valence-corrected chi connectivity index (χ1v) is 10.2. The van der Waals surface area contributed by atoms with Gasteiger partial charge in [-0.05, 0) is 73.7 Å². The molecule has 0 spiro atoms. The topological polar surface area (TPSA) is 12.5 Å². The van der Waals surface area contributed by atoms with Gasteiger partial charge >= 0.3 is 0 Å². The van der Waals surface area contributed by atoms with Crippen molar-refractivity contribution < 1.29 is 4.74 Å². The minimum absolute atomic E-state index is 0. The molecule has 0 saturated carbocycles. The van der Waals surface area contributed by atoms with Gasteiger partial charge in [-0.25, -0.2) is 0 Å². The van der Waals surface area contributed by atoms with E-state index in [1.165, 1.54) is 62.0 Å². The van der Waals surface area contributed by atoms with Crippen LogP contribution in [0.25, 0.3) is 0 Å². The molecule has 0 bridgehead atoms. The van der Waals surface area contributed by atoms with E-state index < -0.39 is 0 Å². The third kappa shape index (κ3) is 4.93. The van der Waals surface area contributed by atoms with Gasteiger partial charge in [-0.3, -0.25) is 0 Å². The van der Waals surface area contributed by atoms with Gasteiger partial charge in [-0.2, -0.15) is 0 Å². The summed E-state index contributed by atoms with van der Waals surface area (Å²) in [6.45, 7) is 3.71. The zero-order chi connectivity index (χ0) is 17.8. The van der Waals surface area contributed by atoms with Crippen LogP contribution in [0.5, 0.6) is 0 Å². The number of likely N-dealkylation sites (tertiary alicyclic amines) is 1. The maximum atomic E-state index is 5.87. The Morgan fingerprint density at radius 1 is 0.926 bits per heavy atom. The van der Waals surface area contributed by atoms with Gasteiger partial charge in [0.2, 0.25) is 0 Å². The monoisotopic (exact) mass is 385 g/mol. The van der Waals surface area contributed by atoms with Gasteiger partial charge in [0, 0.05) is 13.7 Å². The van der Waals surface area contributed by atoms with Crippen molar-refractivity contribution in [1.82, 2.24) is 4.90 Å². The molecule has 2 nitrogen and oxygen atoms in total. The molecule has 0 amide bonds. The lowest BCUT2D eigenvalue weighted by Crippen LogP contribution is -2.37. The molecule has 0 unspecified atom stereocenters. The fourth-order valence-corrected chi connectivity index (χ4v) is 4.91. The summed E-state index contributed by atoms with van der Waals surface area (Å²) in [5, 5.41) is 0. The lowest BCUT2D eigenvalue weighted by Gasteiger charge is -2.34. The van der Waals surface area contributed by atoms with Gasteiger partial charge in [0.1, 0.15) is 0 Å². The minimum Gasteiger partial charge on any atom is -0.377 e. The molecule has 2 aliphatic rings. The maximum absolute atomic E-state index is 5.87. The maximum Gasteiger partial charge on any atom is 0.0826 e. The second-order valence-electron chi connectivity index (χ2n) is 8.05. The molecule has 3 heteroatoms. The number of hydrogen-bond donors (Lipinski definition) is 0. The SMILES string of the molecule is CO[C@@H]1C[C@H](CN2CCC(c3ccccc3)CC2)CCc2ccccc21.Cl. The van der Waals surface area contributed by atoms with Crippen LogP contribution in [0.15, 0.2) is 54.6 Å². The van der Waals surface area contributed by atoms with E-state index in [9.17, 15) is 0 Å². The van der Waals surface area contributed by atoms with Crippen molar-refractivity contribution in [2.75, 3.05) is 26.7 Å². The molecule has 1 heterocycles. The Kier molecular flexibility index (Phi) is 7.34. The van der Waals surface area contributed by atoms with Crippen LogP contribution in [0.2, 0.25) is 0 Å². The molecule has 0 N–H and O–H groups in total. The van der Waals surface area contributed by atoms with Crippen LogP contribution in [-0.4, -0.2) is 31.6 Å². The number of ether oxygens (including phenoxy) is 1. The Labute approximate surface area is 170 Å². The highest BCUT2D eigenvalue weighted by atomic mass is 35.5. The quantitative estimate of drug-likeness (QED) is 0.632. The Morgan fingerprint density at radius 2 is 1.63 bits per heavy atom. The van der Waals surface area contributed by atoms with Crippen molar-refractivity contribution in [2.24, 2.45) is 5.92 Å². The summed E-state index contributed by atoms with van der Waals surface area (Å²) in [7, 11) is 1.87. The molecule has 4 rings (SSSR count). The number of hydrogen-bond acceptors (Lipinski definition) is 2. The summed E-state index contributed by atoms with van der Waals surface area (Å²) in [6.07, 6.45) is 6.50. The van der Waals surface area contributed by atoms with Crippen LogP contribution >= 0.6 is 12.4 Å². The van der Waals surface area contributed by atoms with Gasteiger partial charge in [0.05, 0.1) is 6.10 Å². The molecule has 27 heavy (non-hydrogen) atoms. The van der Waals surface area contributed by atoms with E-state index in [1.54, 1.807) is 0 Å². The van der Waals surface area contributed by atoms with E-state index in [2.05, 4.69) is 59.5 Å². The number of aryl methyl sites for hydroxylation is 1. The highest BCUT2D eigenvalue weighted by Crippen LogP contribution is 2.35. The zero-order valence-corrected chi connectivity index (χ0v) is 17.2. The Hall–Kier alpha value is -1.35. The van der Waals surface area contributed by atoms with Gasteiger partial charge in [-0.1, -0.05) is 54.6 Å². The van der Waals surface area contributed by atoms with Crippen LogP contribution in [0.4, 0.5) is 0 Å². The van der Waals surface area contributed by atoms with Gasteiger partial charge in [0.15, 0.2) is 0 Å². The number of rotatable bonds is 4. The predicted octanol–water partition coefficient (Wildman–Crippen LogP) is 5.63. The number of nitrogens with zero attached hydrogens (tertiary/aromatic N) is 1. The normalized spacial score (nSPS) is 23.9. The molecule has 1 fully saturated rings. The van der Waals surface area contributed by atoms with Crippen molar-refractivity contribution in [3.63, 3.8) is 0 Å². The molecule has 1 aliphatic heterocycles. The van der Waals surface area contributed by atoms with Crippen LogP contribution < -0.4 is 0 Å². The zero-order valence-electron chi connectivity index (χ0n) is 16.3. The predicted molar refractivity (Wildman–Crippen MR) is 115 cm³/mol. The second-order valence-corrected chi connectivity index (χ2v) is 8.05. The highest BCUT2D eigenvalue weighted by Gasteiger charge is 2.27. The molecular weight excluding hydrogens is 354 g/mol. The third-order valence-corrected chi connectivity index (χ3v) is 6.43. The number of fused-ring (bicyclic) bond motifs is 1. The summed E-state index contributed by atoms with van der Waals surface area (Å²) in [5.41, 5.74) is 4.43. The molecule has 0 aromatic heterocycles. The minimum atomic E-state index is 0. The Balaban J connectivity index is 0.00000210. The van der Waals surface area contributed by atoms with Gasteiger partial charge in [0.25, 0.3) is 0 Å². The first kappa shape index (κ1) is 20.4. The lowest BCUT2D eigenvalue weighted by molar-refractivity contribution is 0.0705. The van der Waals surface area contributed by atoms with Crippen LogP contribution in [0.1, 0.15) is 54.4 Å². The molecule has 1 saturated heterocycles. The van der Waals surface area contributed by atoms with Gasteiger partial charge < -0.3 is 9.64 Å². The van der Waals surface area contributed by atoms with Crippen molar-refractivity contribution in [2.45, 2.75) is 44.1 Å². The summed E-state index contributed by atoms with van der Waals surface area (Å²) in [4.78, 5) is 2.70. The fourth-order valence-electron chi connectivity index (χ4n) is 4.91.